The first-order valence-electron chi connectivity index (χ1n) is 4.84. The Morgan fingerprint density at radius 3 is 2.75 bits per heavy atom. The van der Waals surface area contributed by atoms with E-state index in [1.807, 2.05) is 0 Å². The Hall–Kier alpha value is -1.05. The maximum Gasteiger partial charge on any atom is 0.263 e. The normalized spacial score (nSPS) is 12.0. The van der Waals surface area contributed by atoms with Crippen LogP contribution in [0.15, 0.2) is 23.4 Å². The fourth-order valence-corrected chi connectivity index (χ4v) is 2.71. The summed E-state index contributed by atoms with van der Waals surface area (Å²) in [5, 5.41) is -0.551. The molecule has 0 aliphatic carbocycles. The van der Waals surface area contributed by atoms with Crippen LogP contribution in [0.1, 0.15) is 6.92 Å². The van der Waals surface area contributed by atoms with Gasteiger partial charge < -0.3 is 5.73 Å². The van der Waals surface area contributed by atoms with E-state index in [0.717, 1.165) is 10.4 Å². The molecule has 0 unspecified atom stereocenters. The minimum absolute atomic E-state index is 0.148. The van der Waals surface area contributed by atoms with Crippen molar-refractivity contribution in [2.24, 2.45) is 5.73 Å². The van der Waals surface area contributed by atoms with Gasteiger partial charge in [0.25, 0.3) is 10.0 Å². The summed E-state index contributed by atoms with van der Waals surface area (Å²) < 4.78 is 38.3. The van der Waals surface area contributed by atoms with Gasteiger partial charge in [0.2, 0.25) is 5.03 Å². The maximum atomic E-state index is 13.3. The highest BCUT2D eigenvalue weighted by Gasteiger charge is 2.26. The number of nitrogens with two attached hydrogens (primary N) is 1. The number of aromatic nitrogens is 1. The molecule has 7 heteroatoms. The number of likely N-dealkylation sites (N-methyl/N-ethyl adjacent to an activating group) is 1. The lowest BCUT2D eigenvalue weighted by Crippen LogP contribution is -2.36. The summed E-state index contributed by atoms with van der Waals surface area (Å²) in [5.41, 5.74) is 5.30. The average molecular weight is 247 g/mol. The second kappa shape index (κ2) is 5.33. The van der Waals surface area contributed by atoms with Crippen LogP contribution in [0.25, 0.3) is 0 Å². The van der Waals surface area contributed by atoms with Gasteiger partial charge >= 0.3 is 0 Å². The van der Waals surface area contributed by atoms with Gasteiger partial charge in [-0.05, 0) is 12.1 Å². The predicted octanol–water partition coefficient (Wildman–Crippen LogP) is 0.190. The van der Waals surface area contributed by atoms with Crippen molar-refractivity contribution in [3.8, 4) is 0 Å². The molecule has 0 aliphatic rings. The molecule has 0 aromatic carbocycles. The zero-order valence-corrected chi connectivity index (χ0v) is 9.74. The molecule has 1 aromatic heterocycles. The molecule has 16 heavy (non-hydrogen) atoms. The number of pyridine rings is 1. The van der Waals surface area contributed by atoms with E-state index in [-0.39, 0.29) is 19.6 Å². The van der Waals surface area contributed by atoms with Crippen molar-refractivity contribution < 1.29 is 12.8 Å². The van der Waals surface area contributed by atoms with E-state index < -0.39 is 20.9 Å². The molecule has 1 heterocycles. The second-order valence-corrected chi connectivity index (χ2v) is 4.93. The van der Waals surface area contributed by atoms with E-state index in [4.69, 9.17) is 5.73 Å². The monoisotopic (exact) mass is 247 g/mol. The molecule has 0 radical (unpaired) electrons. The molecule has 0 atom stereocenters. The number of hydrogen-bond donors (Lipinski definition) is 1. The fourth-order valence-electron chi connectivity index (χ4n) is 1.28. The van der Waals surface area contributed by atoms with Crippen LogP contribution in [0.3, 0.4) is 0 Å². The molecule has 0 amide bonds. The van der Waals surface area contributed by atoms with Crippen molar-refractivity contribution in [1.82, 2.24) is 9.29 Å². The lowest BCUT2D eigenvalue weighted by Gasteiger charge is -2.18. The zero-order valence-electron chi connectivity index (χ0n) is 8.93. The second-order valence-electron chi connectivity index (χ2n) is 3.08. The Bertz CT molecular complexity index is 450. The summed E-state index contributed by atoms with van der Waals surface area (Å²) in [7, 11) is -3.88. The molecule has 2 N–H and O–H groups in total. The quantitative estimate of drug-likeness (QED) is 0.806. The molecule has 1 aromatic rings. The smallest absolute Gasteiger partial charge is 0.263 e. The van der Waals surface area contributed by atoms with Crippen molar-refractivity contribution in [3.05, 3.63) is 24.1 Å². The van der Waals surface area contributed by atoms with Crippen LogP contribution in [0, 0.1) is 5.82 Å². The fraction of sp³-hybridized carbons (Fsp3) is 0.444. The molecule has 0 bridgehead atoms. The third-order valence-corrected chi connectivity index (χ3v) is 3.95. The highest BCUT2D eigenvalue weighted by molar-refractivity contribution is 7.89. The van der Waals surface area contributed by atoms with Crippen LogP contribution in [0.2, 0.25) is 0 Å². The van der Waals surface area contributed by atoms with E-state index in [1.54, 1.807) is 6.92 Å². The molecule has 0 fully saturated rings. The maximum absolute atomic E-state index is 13.3. The first-order chi connectivity index (χ1) is 7.54. The van der Waals surface area contributed by atoms with Crippen molar-refractivity contribution in [1.29, 1.82) is 0 Å². The van der Waals surface area contributed by atoms with Crippen molar-refractivity contribution in [2.45, 2.75) is 11.9 Å². The SMILES string of the molecule is CCN(CCN)S(=O)(=O)c1ncccc1F. The topological polar surface area (TPSA) is 76.3 Å². The molecular weight excluding hydrogens is 233 g/mol. The first kappa shape index (κ1) is 13.0. The molecule has 0 spiro atoms. The number of rotatable bonds is 5. The summed E-state index contributed by atoms with van der Waals surface area (Å²) in [6, 6.07) is 2.41. The van der Waals surface area contributed by atoms with Gasteiger partial charge in [0, 0.05) is 25.8 Å². The highest BCUT2D eigenvalue weighted by Crippen LogP contribution is 2.15. The number of hydrogen-bond acceptors (Lipinski definition) is 4. The number of halogens is 1. The molecule has 0 saturated carbocycles. The third-order valence-electron chi connectivity index (χ3n) is 2.04. The predicted molar refractivity (Wildman–Crippen MR) is 57.7 cm³/mol. The Labute approximate surface area is 94.1 Å². The van der Waals surface area contributed by atoms with Crippen molar-refractivity contribution in [2.75, 3.05) is 19.6 Å². The minimum atomic E-state index is -3.88. The number of sulfonamides is 1. The third kappa shape index (κ3) is 2.55. The van der Waals surface area contributed by atoms with Gasteiger partial charge in [-0.15, -0.1) is 0 Å². The lowest BCUT2D eigenvalue weighted by atomic mass is 10.5. The van der Waals surface area contributed by atoms with E-state index >= 15 is 0 Å². The Morgan fingerprint density at radius 2 is 2.25 bits per heavy atom. The Kier molecular flexibility index (Phi) is 4.34. The van der Waals surface area contributed by atoms with E-state index in [0.29, 0.717) is 0 Å². The van der Waals surface area contributed by atoms with Crippen LogP contribution in [-0.2, 0) is 10.0 Å². The van der Waals surface area contributed by atoms with Crippen LogP contribution >= 0.6 is 0 Å². The minimum Gasteiger partial charge on any atom is -0.329 e. The van der Waals surface area contributed by atoms with E-state index in [9.17, 15) is 12.8 Å². The summed E-state index contributed by atoms with van der Waals surface area (Å²) >= 11 is 0. The van der Waals surface area contributed by atoms with Gasteiger partial charge in [-0.3, -0.25) is 0 Å². The van der Waals surface area contributed by atoms with Crippen LogP contribution in [0.5, 0.6) is 0 Å². The van der Waals surface area contributed by atoms with E-state index in [1.165, 1.54) is 12.3 Å². The largest absolute Gasteiger partial charge is 0.329 e. The van der Waals surface area contributed by atoms with Crippen LogP contribution in [0.4, 0.5) is 4.39 Å². The van der Waals surface area contributed by atoms with Gasteiger partial charge in [-0.1, -0.05) is 6.92 Å². The van der Waals surface area contributed by atoms with Gasteiger partial charge in [-0.2, -0.15) is 4.31 Å². The Balaban J connectivity index is 3.15. The summed E-state index contributed by atoms with van der Waals surface area (Å²) in [4.78, 5) is 3.56. The van der Waals surface area contributed by atoms with Gasteiger partial charge in [-0.25, -0.2) is 17.8 Å². The molecular formula is C9H14FN3O2S. The van der Waals surface area contributed by atoms with Crippen molar-refractivity contribution in [3.63, 3.8) is 0 Å². The first-order valence-corrected chi connectivity index (χ1v) is 6.28. The lowest BCUT2D eigenvalue weighted by molar-refractivity contribution is 0.427. The Morgan fingerprint density at radius 1 is 1.56 bits per heavy atom. The van der Waals surface area contributed by atoms with Gasteiger partial charge in [0.05, 0.1) is 0 Å². The number of nitrogens with zero attached hydrogens (tertiary/aromatic N) is 2. The van der Waals surface area contributed by atoms with Crippen LogP contribution < -0.4 is 5.73 Å². The van der Waals surface area contributed by atoms with Gasteiger partial charge in [0.1, 0.15) is 0 Å². The zero-order chi connectivity index (χ0) is 12.2. The average Bonchev–Trinajstić information content (AvgIpc) is 2.26. The standard InChI is InChI=1S/C9H14FN3O2S/c1-2-13(7-5-11)16(14,15)9-8(10)4-3-6-12-9/h3-4,6H,2,5,7,11H2,1H3. The highest BCUT2D eigenvalue weighted by atomic mass is 32.2. The molecule has 0 saturated heterocycles. The molecule has 90 valence electrons. The molecule has 1 rings (SSSR count). The summed E-state index contributed by atoms with van der Waals surface area (Å²) in [6.07, 6.45) is 1.24. The molecule has 0 aliphatic heterocycles. The van der Waals surface area contributed by atoms with Crippen LogP contribution in [-0.4, -0.2) is 37.3 Å². The molecule has 5 nitrogen and oxygen atoms in total. The van der Waals surface area contributed by atoms with Gasteiger partial charge in [0.15, 0.2) is 5.82 Å². The summed E-state index contributed by atoms with van der Waals surface area (Å²) in [5.74, 6) is -0.849. The van der Waals surface area contributed by atoms with E-state index in [2.05, 4.69) is 4.98 Å². The summed E-state index contributed by atoms with van der Waals surface area (Å²) in [6.45, 7) is 2.22. The van der Waals surface area contributed by atoms with Crippen molar-refractivity contribution >= 4 is 10.0 Å².